The van der Waals surface area contributed by atoms with Crippen molar-refractivity contribution >= 4 is 23.3 Å². The van der Waals surface area contributed by atoms with Crippen molar-refractivity contribution in [2.75, 3.05) is 18.5 Å². The molecule has 19 heavy (non-hydrogen) atoms. The molecule has 0 saturated carbocycles. The number of carboxylic acid groups (broad SMARTS) is 1. The topological polar surface area (TPSA) is 58.6 Å². The quantitative estimate of drug-likeness (QED) is 0.890. The fraction of sp³-hybridized carbons (Fsp3) is 0.500. The molecule has 0 bridgehead atoms. The van der Waals surface area contributed by atoms with Crippen molar-refractivity contribution in [3.63, 3.8) is 0 Å². The number of hydrogen-bond donors (Lipinski definition) is 2. The molecule has 1 aliphatic heterocycles. The first-order chi connectivity index (χ1) is 9.08. The molecule has 2 N–H and O–H groups in total. The van der Waals surface area contributed by atoms with Crippen LogP contribution >= 0.6 is 11.6 Å². The van der Waals surface area contributed by atoms with E-state index < -0.39 is 5.97 Å². The zero-order valence-electron chi connectivity index (χ0n) is 10.9. The predicted octanol–water partition coefficient (Wildman–Crippen LogP) is 3.27. The number of hydrogen-bond acceptors (Lipinski definition) is 3. The van der Waals surface area contributed by atoms with Crippen molar-refractivity contribution in [1.82, 2.24) is 0 Å². The number of benzene rings is 1. The van der Waals surface area contributed by atoms with Gasteiger partial charge in [-0.1, -0.05) is 11.6 Å². The standard InChI is InChI=1S/C14H18ClNO3/c1-9(10-4-6-19-7-5-10)16-13-3-2-11(15)8-12(13)14(17)18/h2-3,8-10,16H,4-7H2,1H3,(H,17,18). The van der Waals surface area contributed by atoms with Gasteiger partial charge in [-0.2, -0.15) is 0 Å². The first-order valence-electron chi connectivity index (χ1n) is 6.45. The summed E-state index contributed by atoms with van der Waals surface area (Å²) in [5.41, 5.74) is 0.835. The molecule has 1 aromatic carbocycles. The summed E-state index contributed by atoms with van der Waals surface area (Å²) in [7, 11) is 0. The van der Waals surface area contributed by atoms with E-state index in [-0.39, 0.29) is 11.6 Å². The Balaban J connectivity index is 2.11. The van der Waals surface area contributed by atoms with E-state index in [4.69, 9.17) is 16.3 Å². The molecule has 4 nitrogen and oxygen atoms in total. The highest BCUT2D eigenvalue weighted by Crippen LogP contribution is 2.25. The third-order valence-corrected chi connectivity index (χ3v) is 3.80. The average molecular weight is 284 g/mol. The lowest BCUT2D eigenvalue weighted by Crippen LogP contribution is -2.31. The highest BCUT2D eigenvalue weighted by Gasteiger charge is 2.21. The second-order valence-electron chi connectivity index (χ2n) is 4.88. The van der Waals surface area contributed by atoms with Crippen LogP contribution in [0, 0.1) is 5.92 Å². The molecule has 0 radical (unpaired) electrons. The van der Waals surface area contributed by atoms with E-state index in [1.54, 1.807) is 12.1 Å². The fourth-order valence-electron chi connectivity index (χ4n) is 2.40. The number of carboxylic acids is 1. The van der Waals surface area contributed by atoms with Crippen LogP contribution in [0.4, 0.5) is 5.69 Å². The minimum absolute atomic E-state index is 0.211. The molecule has 1 aliphatic rings. The van der Waals surface area contributed by atoms with Crippen molar-refractivity contribution in [3.8, 4) is 0 Å². The smallest absolute Gasteiger partial charge is 0.337 e. The van der Waals surface area contributed by atoms with Gasteiger partial charge in [0.2, 0.25) is 0 Å². The van der Waals surface area contributed by atoms with Crippen LogP contribution in [-0.2, 0) is 4.74 Å². The predicted molar refractivity (Wildman–Crippen MR) is 75.0 cm³/mol. The van der Waals surface area contributed by atoms with Crippen LogP contribution in [0.25, 0.3) is 0 Å². The van der Waals surface area contributed by atoms with Crippen molar-refractivity contribution in [1.29, 1.82) is 0 Å². The molecular formula is C14H18ClNO3. The largest absolute Gasteiger partial charge is 0.478 e. The molecule has 1 fully saturated rings. The molecule has 0 aliphatic carbocycles. The number of carbonyl (C=O) groups is 1. The molecule has 1 saturated heterocycles. The summed E-state index contributed by atoms with van der Waals surface area (Å²) in [6.07, 6.45) is 2.01. The van der Waals surface area contributed by atoms with Crippen LogP contribution in [0.15, 0.2) is 18.2 Å². The first-order valence-corrected chi connectivity index (χ1v) is 6.83. The van der Waals surface area contributed by atoms with Gasteiger partial charge in [-0.15, -0.1) is 0 Å². The maximum atomic E-state index is 11.2. The Labute approximate surface area is 117 Å². The summed E-state index contributed by atoms with van der Waals surface area (Å²) in [6, 6.07) is 5.11. The minimum atomic E-state index is -0.968. The molecule has 5 heteroatoms. The number of rotatable bonds is 4. The molecule has 104 valence electrons. The van der Waals surface area contributed by atoms with Crippen LogP contribution < -0.4 is 5.32 Å². The van der Waals surface area contributed by atoms with Gasteiger partial charge in [0.1, 0.15) is 0 Å². The number of aromatic carboxylic acids is 1. The van der Waals surface area contributed by atoms with E-state index in [1.807, 2.05) is 0 Å². The number of anilines is 1. The second kappa shape index (κ2) is 6.26. The van der Waals surface area contributed by atoms with Gasteiger partial charge < -0.3 is 15.2 Å². The summed E-state index contributed by atoms with van der Waals surface area (Å²) in [4.78, 5) is 11.2. The van der Waals surface area contributed by atoms with Gasteiger partial charge in [0.05, 0.1) is 5.56 Å². The van der Waals surface area contributed by atoms with Gasteiger partial charge >= 0.3 is 5.97 Å². The fourth-order valence-corrected chi connectivity index (χ4v) is 2.57. The van der Waals surface area contributed by atoms with Crippen molar-refractivity contribution in [3.05, 3.63) is 28.8 Å². The lowest BCUT2D eigenvalue weighted by molar-refractivity contribution is 0.0621. The van der Waals surface area contributed by atoms with Crippen molar-refractivity contribution < 1.29 is 14.6 Å². The minimum Gasteiger partial charge on any atom is -0.478 e. The van der Waals surface area contributed by atoms with Gasteiger partial charge in [-0.3, -0.25) is 0 Å². The van der Waals surface area contributed by atoms with Gasteiger partial charge in [-0.05, 0) is 43.9 Å². The summed E-state index contributed by atoms with van der Waals surface area (Å²) in [5, 5.41) is 12.9. The van der Waals surface area contributed by atoms with Crippen LogP contribution in [-0.4, -0.2) is 30.3 Å². The molecule has 1 heterocycles. The molecule has 0 spiro atoms. The van der Waals surface area contributed by atoms with E-state index in [2.05, 4.69) is 12.2 Å². The molecule has 1 atom stereocenters. The second-order valence-corrected chi connectivity index (χ2v) is 5.31. The van der Waals surface area contributed by atoms with Crippen LogP contribution in [0.3, 0.4) is 0 Å². The van der Waals surface area contributed by atoms with E-state index in [0.717, 1.165) is 26.1 Å². The monoisotopic (exact) mass is 283 g/mol. The summed E-state index contributed by atoms with van der Waals surface area (Å²) in [5.74, 6) is -0.463. The number of halogens is 1. The SMILES string of the molecule is CC(Nc1ccc(Cl)cc1C(=O)O)C1CCOCC1. The summed E-state index contributed by atoms with van der Waals surface area (Å²) in [6.45, 7) is 3.64. The van der Waals surface area contributed by atoms with Gasteiger partial charge in [-0.25, -0.2) is 4.79 Å². The maximum Gasteiger partial charge on any atom is 0.337 e. The number of ether oxygens (including phenoxy) is 1. The van der Waals surface area contributed by atoms with E-state index in [1.165, 1.54) is 6.07 Å². The first kappa shape index (κ1) is 14.2. The molecule has 1 unspecified atom stereocenters. The van der Waals surface area contributed by atoms with E-state index >= 15 is 0 Å². The average Bonchev–Trinajstić information content (AvgIpc) is 2.41. The van der Waals surface area contributed by atoms with Crippen LogP contribution in [0.1, 0.15) is 30.1 Å². The molecule has 2 rings (SSSR count). The van der Waals surface area contributed by atoms with Crippen LogP contribution in [0.2, 0.25) is 5.02 Å². The van der Waals surface area contributed by atoms with E-state index in [0.29, 0.717) is 16.6 Å². The van der Waals surface area contributed by atoms with Gasteiger partial charge in [0.25, 0.3) is 0 Å². The molecule has 0 amide bonds. The zero-order chi connectivity index (χ0) is 13.8. The lowest BCUT2D eigenvalue weighted by Gasteiger charge is -2.29. The highest BCUT2D eigenvalue weighted by molar-refractivity contribution is 6.31. The zero-order valence-corrected chi connectivity index (χ0v) is 11.6. The van der Waals surface area contributed by atoms with Crippen molar-refractivity contribution in [2.45, 2.75) is 25.8 Å². The Morgan fingerprint density at radius 3 is 2.79 bits per heavy atom. The summed E-state index contributed by atoms with van der Waals surface area (Å²) >= 11 is 5.84. The molecule has 0 aromatic heterocycles. The molecular weight excluding hydrogens is 266 g/mol. The van der Waals surface area contributed by atoms with E-state index in [9.17, 15) is 9.90 Å². The maximum absolute atomic E-state index is 11.2. The van der Waals surface area contributed by atoms with Crippen molar-refractivity contribution in [2.24, 2.45) is 5.92 Å². The Morgan fingerprint density at radius 1 is 1.47 bits per heavy atom. The highest BCUT2D eigenvalue weighted by atomic mass is 35.5. The number of nitrogens with one attached hydrogen (secondary N) is 1. The van der Waals surface area contributed by atoms with Gasteiger partial charge in [0, 0.05) is 30.0 Å². The Hall–Kier alpha value is -1.26. The Morgan fingerprint density at radius 2 is 2.16 bits per heavy atom. The Kier molecular flexibility index (Phi) is 4.66. The normalized spacial score (nSPS) is 18.0. The molecule has 1 aromatic rings. The third-order valence-electron chi connectivity index (χ3n) is 3.57. The lowest BCUT2D eigenvalue weighted by atomic mass is 9.92. The van der Waals surface area contributed by atoms with Gasteiger partial charge in [0.15, 0.2) is 0 Å². The third kappa shape index (κ3) is 3.61. The summed E-state index contributed by atoms with van der Waals surface area (Å²) < 4.78 is 5.34. The van der Waals surface area contributed by atoms with Crippen LogP contribution in [0.5, 0.6) is 0 Å². The Bertz CT molecular complexity index is 458.